The summed E-state index contributed by atoms with van der Waals surface area (Å²) in [4.78, 5) is 15.4. The number of rotatable bonds is 8. The van der Waals surface area contributed by atoms with Crippen LogP contribution in [0.2, 0.25) is 0 Å². The fourth-order valence-electron chi connectivity index (χ4n) is 3.52. The van der Waals surface area contributed by atoms with Crippen LogP contribution in [0.4, 0.5) is 5.82 Å². The largest absolute Gasteiger partial charge is 0.493 e. The van der Waals surface area contributed by atoms with E-state index in [0.717, 1.165) is 65.3 Å². The molecule has 7 nitrogen and oxygen atoms in total. The van der Waals surface area contributed by atoms with Crippen molar-refractivity contribution in [3.05, 3.63) is 24.0 Å². The number of nitrogens with one attached hydrogen (secondary N) is 1. The van der Waals surface area contributed by atoms with Gasteiger partial charge < -0.3 is 20.4 Å². The molecule has 0 bridgehead atoms. The maximum atomic E-state index is 6.10. The van der Waals surface area contributed by atoms with Crippen molar-refractivity contribution < 1.29 is 4.74 Å². The number of nitrogens with two attached hydrogens (primary N) is 1. The Morgan fingerprint density at radius 2 is 2.19 bits per heavy atom. The average molecular weight is 455 g/mol. The number of imidazole rings is 1. The Kier molecular flexibility index (Phi) is 6.90. The van der Waals surface area contributed by atoms with E-state index in [-0.39, 0.29) is 0 Å². The third-order valence-corrected chi connectivity index (χ3v) is 6.84. The van der Waals surface area contributed by atoms with Crippen molar-refractivity contribution in [1.29, 1.82) is 0 Å². The molecule has 3 aromatic rings. The molecule has 0 radical (unpaired) electrons. The first-order valence-electron chi connectivity index (χ1n) is 10.4. The lowest BCUT2D eigenvalue weighted by Gasteiger charge is -2.19. The molecule has 9 heteroatoms. The smallest absolute Gasteiger partial charge is 0.175 e. The standard InChI is InChI=1S/C22H26N6OS2/c1-4-30-17-12-16-15(7-5-10-29-16)11-18(17)31-22-27-19-20(23)25-13-26-21(19)28(22)9-6-8-24-14(2)3/h1,11-14,24H,5-10H2,2-3H3,(H2,23,25,26). The maximum absolute atomic E-state index is 6.10. The van der Waals surface area contributed by atoms with Crippen LogP contribution in [-0.4, -0.2) is 38.7 Å². The number of thioether (sulfide) groups is 1. The highest BCUT2D eigenvalue weighted by Crippen LogP contribution is 2.41. The number of benzene rings is 1. The van der Waals surface area contributed by atoms with Crippen molar-refractivity contribution in [3.63, 3.8) is 0 Å². The molecule has 0 saturated heterocycles. The molecule has 1 aromatic carbocycles. The predicted octanol–water partition coefficient (Wildman–Crippen LogP) is 3.96. The van der Waals surface area contributed by atoms with E-state index in [4.69, 9.17) is 21.9 Å². The number of terminal acetylenes is 1. The van der Waals surface area contributed by atoms with Crippen LogP contribution in [-0.2, 0) is 13.0 Å². The number of anilines is 1. The van der Waals surface area contributed by atoms with Crippen LogP contribution in [0.3, 0.4) is 0 Å². The molecule has 0 fully saturated rings. The van der Waals surface area contributed by atoms with Crippen molar-refractivity contribution in [2.24, 2.45) is 0 Å². The zero-order valence-corrected chi connectivity index (χ0v) is 19.4. The van der Waals surface area contributed by atoms with Gasteiger partial charge in [-0.3, -0.25) is 0 Å². The van der Waals surface area contributed by atoms with Gasteiger partial charge in [-0.15, -0.1) is 6.42 Å². The van der Waals surface area contributed by atoms with Gasteiger partial charge in [0.25, 0.3) is 0 Å². The summed E-state index contributed by atoms with van der Waals surface area (Å²) in [7, 11) is 0. The zero-order valence-electron chi connectivity index (χ0n) is 17.7. The summed E-state index contributed by atoms with van der Waals surface area (Å²) in [5.74, 6) is 1.32. The lowest BCUT2D eigenvalue weighted by atomic mass is 10.1. The second-order valence-corrected chi connectivity index (χ2v) is 9.51. The van der Waals surface area contributed by atoms with E-state index in [1.54, 1.807) is 11.8 Å². The Balaban J connectivity index is 1.70. The molecule has 4 rings (SSSR count). The van der Waals surface area contributed by atoms with Gasteiger partial charge in [0.2, 0.25) is 0 Å². The van der Waals surface area contributed by atoms with Gasteiger partial charge in [-0.1, -0.05) is 25.6 Å². The second kappa shape index (κ2) is 9.81. The summed E-state index contributed by atoms with van der Waals surface area (Å²) in [5, 5.41) is 6.98. The monoisotopic (exact) mass is 454 g/mol. The Labute approximate surface area is 191 Å². The average Bonchev–Trinajstić information content (AvgIpc) is 3.10. The molecule has 1 aliphatic rings. The highest BCUT2D eigenvalue weighted by molar-refractivity contribution is 8.05. The lowest BCUT2D eigenvalue weighted by molar-refractivity contribution is 0.287. The molecule has 0 spiro atoms. The minimum Gasteiger partial charge on any atom is -0.493 e. The van der Waals surface area contributed by atoms with Crippen LogP contribution >= 0.6 is 23.5 Å². The highest BCUT2D eigenvalue weighted by atomic mass is 32.2. The molecular formula is C22H26N6OS2. The fraction of sp³-hybridized carbons (Fsp3) is 0.409. The number of hydrogen-bond acceptors (Lipinski definition) is 8. The van der Waals surface area contributed by atoms with Crippen LogP contribution in [0.5, 0.6) is 5.75 Å². The van der Waals surface area contributed by atoms with Crippen molar-refractivity contribution in [2.75, 3.05) is 18.9 Å². The minimum atomic E-state index is 0.392. The Bertz CT molecular complexity index is 1120. The molecule has 2 aromatic heterocycles. The summed E-state index contributed by atoms with van der Waals surface area (Å²) in [6.07, 6.45) is 10.1. The molecule has 0 amide bonds. The number of aromatic nitrogens is 4. The number of aryl methyl sites for hydroxylation is 2. The molecule has 0 aliphatic carbocycles. The quantitative estimate of drug-likeness (QED) is 0.300. The first-order chi connectivity index (χ1) is 15.1. The van der Waals surface area contributed by atoms with E-state index in [9.17, 15) is 0 Å². The van der Waals surface area contributed by atoms with Gasteiger partial charge in [-0.2, -0.15) is 0 Å². The summed E-state index contributed by atoms with van der Waals surface area (Å²) in [6, 6.07) is 4.68. The van der Waals surface area contributed by atoms with Gasteiger partial charge in [0.1, 0.15) is 12.1 Å². The van der Waals surface area contributed by atoms with Crippen LogP contribution in [0.1, 0.15) is 32.3 Å². The molecular weight excluding hydrogens is 428 g/mol. The molecule has 0 unspecified atom stereocenters. The summed E-state index contributed by atoms with van der Waals surface area (Å²) >= 11 is 2.95. The van der Waals surface area contributed by atoms with Crippen molar-refractivity contribution in [2.45, 2.75) is 60.6 Å². The van der Waals surface area contributed by atoms with E-state index in [0.29, 0.717) is 17.4 Å². The SMILES string of the molecule is C#CSc1cc2c(cc1Sc1nc3c(N)ncnc3n1CCCNC(C)C)CCCO2. The Morgan fingerprint density at radius 1 is 1.32 bits per heavy atom. The first-order valence-corrected chi connectivity index (χ1v) is 12.0. The van der Waals surface area contributed by atoms with Crippen molar-refractivity contribution >= 4 is 40.5 Å². The van der Waals surface area contributed by atoms with Gasteiger partial charge in [0.05, 0.1) is 6.61 Å². The van der Waals surface area contributed by atoms with Gasteiger partial charge in [0, 0.05) is 22.4 Å². The van der Waals surface area contributed by atoms with Gasteiger partial charge >= 0.3 is 0 Å². The summed E-state index contributed by atoms with van der Waals surface area (Å²) in [5.41, 5.74) is 8.70. The molecule has 0 atom stereocenters. The highest BCUT2D eigenvalue weighted by Gasteiger charge is 2.20. The third kappa shape index (κ3) is 4.92. The predicted molar refractivity (Wildman–Crippen MR) is 127 cm³/mol. The van der Waals surface area contributed by atoms with Gasteiger partial charge in [-0.25, -0.2) is 15.0 Å². The van der Waals surface area contributed by atoms with E-state index in [1.165, 1.54) is 23.7 Å². The molecule has 3 heterocycles. The number of nitrogen functional groups attached to an aromatic ring is 1. The fourth-order valence-corrected chi connectivity index (χ4v) is 5.21. The van der Waals surface area contributed by atoms with Crippen LogP contribution in [0.15, 0.2) is 33.4 Å². The summed E-state index contributed by atoms with van der Waals surface area (Å²) < 4.78 is 7.96. The Hall–Kier alpha value is -2.41. The van der Waals surface area contributed by atoms with E-state index in [2.05, 4.69) is 51.1 Å². The molecule has 1 aliphatic heterocycles. The topological polar surface area (TPSA) is 90.9 Å². The maximum Gasteiger partial charge on any atom is 0.175 e. The lowest BCUT2D eigenvalue weighted by Crippen LogP contribution is -2.24. The van der Waals surface area contributed by atoms with Crippen molar-refractivity contribution in [3.8, 4) is 17.4 Å². The van der Waals surface area contributed by atoms with E-state index < -0.39 is 0 Å². The summed E-state index contributed by atoms with van der Waals surface area (Å²) in [6.45, 7) is 6.73. The van der Waals surface area contributed by atoms with Crippen LogP contribution < -0.4 is 15.8 Å². The second-order valence-electron chi connectivity index (χ2n) is 7.62. The van der Waals surface area contributed by atoms with Crippen LogP contribution in [0, 0.1) is 11.7 Å². The van der Waals surface area contributed by atoms with E-state index in [1.807, 2.05) is 0 Å². The molecule has 3 N–H and O–H groups in total. The number of fused-ring (bicyclic) bond motifs is 2. The minimum absolute atomic E-state index is 0.392. The van der Waals surface area contributed by atoms with Gasteiger partial charge in [0.15, 0.2) is 22.1 Å². The number of nitrogens with zero attached hydrogens (tertiary/aromatic N) is 4. The number of hydrogen-bond donors (Lipinski definition) is 2. The normalized spacial score (nSPS) is 13.2. The Morgan fingerprint density at radius 3 is 3.00 bits per heavy atom. The number of ether oxygens (including phenoxy) is 1. The molecule has 0 saturated carbocycles. The third-order valence-electron chi connectivity index (χ3n) is 4.98. The first kappa shape index (κ1) is 21.8. The van der Waals surface area contributed by atoms with Gasteiger partial charge in [-0.05, 0) is 60.5 Å². The van der Waals surface area contributed by atoms with E-state index >= 15 is 0 Å². The molecule has 162 valence electrons. The van der Waals surface area contributed by atoms with Crippen LogP contribution in [0.25, 0.3) is 11.2 Å². The zero-order chi connectivity index (χ0) is 21.8. The van der Waals surface area contributed by atoms with Crippen molar-refractivity contribution in [1.82, 2.24) is 24.8 Å². The molecule has 31 heavy (non-hydrogen) atoms.